The minimum absolute atomic E-state index is 1.09. The van der Waals surface area contributed by atoms with Crippen LogP contribution in [-0.4, -0.2) is 4.98 Å². The monoisotopic (exact) mass is 202 g/mol. The van der Waals surface area contributed by atoms with Crippen molar-refractivity contribution >= 4 is 5.69 Å². The minimum Gasteiger partial charge on any atom is -0.398 e. The standard InChI is InChI=1S/C13H18N2/c14-13-9-5-2-1-3-7-11(9)15-12-8-4-6-10(12)13/h1-8H2,(H2,14,15). The summed E-state index contributed by atoms with van der Waals surface area (Å²) in [5, 5.41) is 0. The van der Waals surface area contributed by atoms with E-state index >= 15 is 0 Å². The van der Waals surface area contributed by atoms with Crippen LogP contribution in [-0.2, 0) is 25.7 Å². The normalized spacial score (nSPS) is 19.5. The maximum atomic E-state index is 6.28. The molecule has 0 atom stereocenters. The number of nitrogen functional groups attached to an aromatic ring is 1. The third-order valence-corrected chi connectivity index (χ3v) is 3.80. The Hall–Kier alpha value is -1.05. The summed E-state index contributed by atoms with van der Waals surface area (Å²) in [5.74, 6) is 0. The number of aryl methyl sites for hydroxylation is 2. The predicted octanol–water partition coefficient (Wildman–Crippen LogP) is 2.42. The van der Waals surface area contributed by atoms with E-state index in [2.05, 4.69) is 0 Å². The van der Waals surface area contributed by atoms with Gasteiger partial charge in [-0.15, -0.1) is 0 Å². The first-order valence-corrected chi connectivity index (χ1v) is 6.15. The highest BCUT2D eigenvalue weighted by atomic mass is 14.8. The Morgan fingerprint density at radius 1 is 0.733 bits per heavy atom. The highest BCUT2D eigenvalue weighted by Gasteiger charge is 2.21. The second kappa shape index (κ2) is 3.51. The van der Waals surface area contributed by atoms with E-state index in [-0.39, 0.29) is 0 Å². The Morgan fingerprint density at radius 3 is 2.13 bits per heavy atom. The number of hydrogen-bond donors (Lipinski definition) is 1. The number of hydrogen-bond acceptors (Lipinski definition) is 2. The molecule has 15 heavy (non-hydrogen) atoms. The summed E-state index contributed by atoms with van der Waals surface area (Å²) in [6.45, 7) is 0. The van der Waals surface area contributed by atoms with Crippen molar-refractivity contribution in [3.05, 3.63) is 22.5 Å². The smallest absolute Gasteiger partial charge is 0.0459 e. The molecule has 2 N–H and O–H groups in total. The number of nitrogens with two attached hydrogens (primary N) is 1. The molecular formula is C13H18N2. The van der Waals surface area contributed by atoms with Gasteiger partial charge in [-0.05, 0) is 56.1 Å². The zero-order chi connectivity index (χ0) is 10.3. The van der Waals surface area contributed by atoms with Crippen molar-refractivity contribution in [3.63, 3.8) is 0 Å². The van der Waals surface area contributed by atoms with Crippen LogP contribution in [0, 0.1) is 0 Å². The van der Waals surface area contributed by atoms with E-state index in [0.29, 0.717) is 0 Å². The second-order valence-electron chi connectivity index (χ2n) is 4.79. The van der Waals surface area contributed by atoms with Gasteiger partial charge >= 0.3 is 0 Å². The quantitative estimate of drug-likeness (QED) is 0.656. The van der Waals surface area contributed by atoms with Gasteiger partial charge in [0.2, 0.25) is 0 Å². The molecular weight excluding hydrogens is 184 g/mol. The minimum atomic E-state index is 1.09. The van der Waals surface area contributed by atoms with Gasteiger partial charge in [0.25, 0.3) is 0 Å². The molecule has 3 rings (SSSR count). The topological polar surface area (TPSA) is 38.9 Å². The molecule has 0 spiro atoms. The van der Waals surface area contributed by atoms with Crippen molar-refractivity contribution in [2.75, 3.05) is 5.73 Å². The molecule has 0 saturated heterocycles. The predicted molar refractivity (Wildman–Crippen MR) is 61.9 cm³/mol. The van der Waals surface area contributed by atoms with E-state index in [1.54, 1.807) is 0 Å². The number of nitrogens with zero attached hydrogens (tertiary/aromatic N) is 1. The van der Waals surface area contributed by atoms with Crippen LogP contribution < -0.4 is 5.73 Å². The molecule has 0 radical (unpaired) electrons. The van der Waals surface area contributed by atoms with Gasteiger partial charge in [0.05, 0.1) is 0 Å². The molecule has 2 aliphatic carbocycles. The molecule has 0 aromatic carbocycles. The van der Waals surface area contributed by atoms with Crippen molar-refractivity contribution in [2.24, 2.45) is 0 Å². The molecule has 2 heteroatoms. The van der Waals surface area contributed by atoms with Gasteiger partial charge in [-0.3, -0.25) is 4.98 Å². The van der Waals surface area contributed by atoms with Gasteiger partial charge in [-0.2, -0.15) is 0 Å². The molecule has 0 fully saturated rings. The maximum absolute atomic E-state index is 6.28. The number of aromatic nitrogens is 1. The molecule has 1 heterocycles. The van der Waals surface area contributed by atoms with Crippen LogP contribution in [0.5, 0.6) is 0 Å². The molecule has 1 aromatic heterocycles. The van der Waals surface area contributed by atoms with Gasteiger partial charge < -0.3 is 5.73 Å². The van der Waals surface area contributed by atoms with Gasteiger partial charge in [0.15, 0.2) is 0 Å². The van der Waals surface area contributed by atoms with Gasteiger partial charge in [0, 0.05) is 17.1 Å². The SMILES string of the molecule is Nc1c2c(nc3c1CCC3)CCCCC2. The number of fused-ring (bicyclic) bond motifs is 2. The second-order valence-corrected chi connectivity index (χ2v) is 4.79. The van der Waals surface area contributed by atoms with Crippen LogP contribution in [0.4, 0.5) is 5.69 Å². The summed E-state index contributed by atoms with van der Waals surface area (Å²) in [4.78, 5) is 4.83. The average molecular weight is 202 g/mol. The Kier molecular flexibility index (Phi) is 2.15. The lowest BCUT2D eigenvalue weighted by atomic mass is 10.0. The van der Waals surface area contributed by atoms with Crippen LogP contribution in [0.15, 0.2) is 0 Å². The summed E-state index contributed by atoms with van der Waals surface area (Å²) < 4.78 is 0. The van der Waals surface area contributed by atoms with Crippen LogP contribution in [0.1, 0.15) is 48.2 Å². The summed E-state index contributed by atoms with van der Waals surface area (Å²) in [6.07, 6.45) is 9.76. The molecule has 0 saturated carbocycles. The number of rotatable bonds is 0. The van der Waals surface area contributed by atoms with Crippen molar-refractivity contribution < 1.29 is 0 Å². The zero-order valence-corrected chi connectivity index (χ0v) is 9.18. The molecule has 0 aliphatic heterocycles. The van der Waals surface area contributed by atoms with E-state index in [4.69, 9.17) is 10.7 Å². The third-order valence-electron chi connectivity index (χ3n) is 3.80. The Balaban J connectivity index is 2.15. The third kappa shape index (κ3) is 1.43. The van der Waals surface area contributed by atoms with Gasteiger partial charge in [-0.25, -0.2) is 0 Å². The first-order chi connectivity index (χ1) is 7.36. The Morgan fingerprint density at radius 2 is 1.33 bits per heavy atom. The number of pyridine rings is 1. The fourth-order valence-electron chi connectivity index (χ4n) is 2.97. The van der Waals surface area contributed by atoms with Crippen molar-refractivity contribution in [1.82, 2.24) is 4.98 Å². The summed E-state index contributed by atoms with van der Waals surface area (Å²) in [6, 6.07) is 0. The summed E-state index contributed by atoms with van der Waals surface area (Å²) >= 11 is 0. The first kappa shape index (κ1) is 9.20. The largest absolute Gasteiger partial charge is 0.398 e. The average Bonchev–Trinajstić information content (AvgIpc) is 2.56. The van der Waals surface area contributed by atoms with Gasteiger partial charge in [-0.1, -0.05) is 6.42 Å². The van der Waals surface area contributed by atoms with E-state index in [9.17, 15) is 0 Å². The highest BCUT2D eigenvalue weighted by Crippen LogP contribution is 2.33. The fraction of sp³-hybridized carbons (Fsp3) is 0.615. The molecule has 0 bridgehead atoms. The fourth-order valence-corrected chi connectivity index (χ4v) is 2.97. The summed E-state index contributed by atoms with van der Waals surface area (Å²) in [7, 11) is 0. The van der Waals surface area contributed by atoms with Crippen LogP contribution >= 0.6 is 0 Å². The molecule has 0 unspecified atom stereocenters. The molecule has 1 aromatic rings. The first-order valence-electron chi connectivity index (χ1n) is 6.15. The van der Waals surface area contributed by atoms with Crippen molar-refractivity contribution in [3.8, 4) is 0 Å². The zero-order valence-electron chi connectivity index (χ0n) is 9.18. The van der Waals surface area contributed by atoms with E-state index in [0.717, 1.165) is 31.4 Å². The van der Waals surface area contributed by atoms with Crippen LogP contribution in [0.25, 0.3) is 0 Å². The maximum Gasteiger partial charge on any atom is 0.0459 e. The Bertz CT molecular complexity index is 396. The van der Waals surface area contributed by atoms with E-state index < -0.39 is 0 Å². The van der Waals surface area contributed by atoms with E-state index in [1.807, 2.05) is 0 Å². The molecule has 2 aliphatic rings. The van der Waals surface area contributed by atoms with Crippen molar-refractivity contribution in [1.29, 1.82) is 0 Å². The van der Waals surface area contributed by atoms with E-state index in [1.165, 1.54) is 48.2 Å². The highest BCUT2D eigenvalue weighted by molar-refractivity contribution is 5.58. The van der Waals surface area contributed by atoms with Gasteiger partial charge in [0.1, 0.15) is 0 Å². The molecule has 80 valence electrons. The molecule has 0 amide bonds. The van der Waals surface area contributed by atoms with Crippen LogP contribution in [0.3, 0.4) is 0 Å². The number of anilines is 1. The lowest BCUT2D eigenvalue weighted by Gasteiger charge is -2.13. The van der Waals surface area contributed by atoms with Crippen LogP contribution in [0.2, 0.25) is 0 Å². The lowest BCUT2D eigenvalue weighted by Crippen LogP contribution is -2.06. The Labute approximate surface area is 90.9 Å². The molecule has 2 nitrogen and oxygen atoms in total. The lowest BCUT2D eigenvalue weighted by molar-refractivity contribution is 0.708. The van der Waals surface area contributed by atoms with Crippen molar-refractivity contribution in [2.45, 2.75) is 51.4 Å². The summed E-state index contributed by atoms with van der Waals surface area (Å²) in [5.41, 5.74) is 12.7.